The van der Waals surface area contributed by atoms with Crippen molar-refractivity contribution in [3.05, 3.63) is 29.8 Å². The van der Waals surface area contributed by atoms with Gasteiger partial charge in [0.15, 0.2) is 5.78 Å². The Bertz CT molecular complexity index is 509. The predicted octanol–water partition coefficient (Wildman–Crippen LogP) is 7.30. The minimum absolute atomic E-state index is 0.0812. The number of ketones is 1. The first-order valence-electron chi connectivity index (χ1n) is 11.0. The van der Waals surface area contributed by atoms with E-state index in [1.165, 1.54) is 51.4 Å². The molecule has 0 saturated carbocycles. The molecule has 0 aromatic heterocycles. The average Bonchev–Trinajstić information content (AvgIpc) is 2.69. The van der Waals surface area contributed by atoms with Crippen LogP contribution in [0.5, 0.6) is 5.75 Å². The van der Waals surface area contributed by atoms with E-state index in [-0.39, 0.29) is 5.78 Å². The zero-order chi connectivity index (χ0) is 20.0. The normalized spacial score (nSPS) is 11.6. The molecule has 0 atom stereocenters. The van der Waals surface area contributed by atoms with Gasteiger partial charge >= 0.3 is 8.56 Å². The number of hydrogen-bond acceptors (Lipinski definition) is 3. The van der Waals surface area contributed by atoms with E-state index < -0.39 is 8.56 Å². The summed E-state index contributed by atoms with van der Waals surface area (Å²) in [6.45, 7) is 8.98. The fourth-order valence-corrected chi connectivity index (χ4v) is 5.61. The molecule has 0 bridgehead atoms. The lowest BCUT2D eigenvalue weighted by atomic mass is 10.1. The fourth-order valence-electron chi connectivity index (χ4n) is 3.27. The fraction of sp³-hybridized carbons (Fsp3) is 0.696. The molecule has 27 heavy (non-hydrogen) atoms. The van der Waals surface area contributed by atoms with Crippen LogP contribution in [0.1, 0.15) is 95.8 Å². The summed E-state index contributed by atoms with van der Waals surface area (Å²) in [5.74, 6) is 0.903. The molecule has 0 N–H and O–H groups in total. The van der Waals surface area contributed by atoms with E-state index in [9.17, 15) is 4.79 Å². The van der Waals surface area contributed by atoms with Crippen LogP contribution in [0.25, 0.3) is 0 Å². The zero-order valence-corrected chi connectivity index (χ0v) is 19.0. The maximum atomic E-state index is 11.4. The Morgan fingerprint density at radius 2 is 1.33 bits per heavy atom. The SMILES string of the molecule is CCCCCCCCCCCO[Si](CC)(CC)Oc1ccc(C(C)=O)cc1. The summed E-state index contributed by atoms with van der Waals surface area (Å²) in [6.07, 6.45) is 11.9. The monoisotopic (exact) mass is 392 g/mol. The minimum atomic E-state index is -2.20. The number of Topliss-reactive ketones (excluding diaryl/α,β-unsaturated/α-hetero) is 1. The highest BCUT2D eigenvalue weighted by molar-refractivity contribution is 6.68. The van der Waals surface area contributed by atoms with Gasteiger partial charge in [-0.15, -0.1) is 0 Å². The smallest absolute Gasteiger partial charge is 0.398 e. The van der Waals surface area contributed by atoms with Crippen molar-refractivity contribution < 1.29 is 13.6 Å². The lowest BCUT2D eigenvalue weighted by molar-refractivity contribution is 0.101. The third-order valence-electron chi connectivity index (χ3n) is 5.26. The van der Waals surface area contributed by atoms with Crippen molar-refractivity contribution in [2.45, 2.75) is 97.6 Å². The average molecular weight is 393 g/mol. The molecule has 0 aliphatic heterocycles. The van der Waals surface area contributed by atoms with Crippen molar-refractivity contribution in [1.82, 2.24) is 0 Å². The third kappa shape index (κ3) is 9.57. The first kappa shape index (κ1) is 23.9. The molecule has 0 amide bonds. The molecule has 1 aromatic rings. The van der Waals surface area contributed by atoms with Gasteiger partial charge < -0.3 is 8.85 Å². The Labute approximate surface area is 168 Å². The summed E-state index contributed by atoms with van der Waals surface area (Å²) < 4.78 is 12.6. The molecule has 4 heteroatoms. The Morgan fingerprint density at radius 3 is 1.81 bits per heavy atom. The van der Waals surface area contributed by atoms with E-state index in [0.29, 0.717) is 0 Å². The maximum Gasteiger partial charge on any atom is 0.398 e. The van der Waals surface area contributed by atoms with Crippen molar-refractivity contribution in [2.75, 3.05) is 6.61 Å². The molecule has 0 spiro atoms. The lowest BCUT2D eigenvalue weighted by Gasteiger charge is -2.29. The molecule has 0 aliphatic carbocycles. The minimum Gasteiger partial charge on any atom is -0.520 e. The van der Waals surface area contributed by atoms with E-state index in [0.717, 1.165) is 36.4 Å². The molecule has 0 aliphatic rings. The number of rotatable bonds is 16. The number of hydrogen-bond donors (Lipinski definition) is 0. The Hall–Kier alpha value is -1.13. The van der Waals surface area contributed by atoms with Crippen molar-refractivity contribution in [3.63, 3.8) is 0 Å². The number of unbranched alkanes of at least 4 members (excludes halogenated alkanes) is 8. The van der Waals surface area contributed by atoms with Gasteiger partial charge in [-0.2, -0.15) is 0 Å². The first-order chi connectivity index (χ1) is 13.1. The van der Waals surface area contributed by atoms with Gasteiger partial charge in [-0.25, -0.2) is 0 Å². The largest absolute Gasteiger partial charge is 0.520 e. The van der Waals surface area contributed by atoms with E-state index in [1.54, 1.807) is 6.92 Å². The number of carbonyl (C=O) groups excluding carboxylic acids is 1. The van der Waals surface area contributed by atoms with E-state index in [4.69, 9.17) is 8.85 Å². The third-order valence-corrected chi connectivity index (χ3v) is 8.75. The van der Waals surface area contributed by atoms with Gasteiger partial charge in [-0.3, -0.25) is 4.79 Å². The molecule has 0 unspecified atom stereocenters. The van der Waals surface area contributed by atoms with E-state index >= 15 is 0 Å². The summed E-state index contributed by atoms with van der Waals surface area (Å²) in [4.78, 5) is 11.4. The number of carbonyl (C=O) groups is 1. The lowest BCUT2D eigenvalue weighted by Crippen LogP contribution is -2.44. The topological polar surface area (TPSA) is 35.5 Å². The second kappa shape index (κ2) is 13.9. The molecule has 0 fully saturated rings. The zero-order valence-electron chi connectivity index (χ0n) is 18.0. The standard InChI is InChI=1S/C23H40O3Si/c1-5-8-9-10-11-12-13-14-15-20-25-27(6-2,7-3)26-23-18-16-22(17-19-23)21(4)24/h16-19H,5-15,20H2,1-4H3. The second-order valence-electron chi connectivity index (χ2n) is 7.48. The molecule has 154 valence electrons. The number of benzene rings is 1. The van der Waals surface area contributed by atoms with Gasteiger partial charge in [0.05, 0.1) is 0 Å². The second-order valence-corrected chi connectivity index (χ2v) is 11.2. The van der Waals surface area contributed by atoms with Gasteiger partial charge in [-0.1, -0.05) is 72.1 Å². The first-order valence-corrected chi connectivity index (χ1v) is 13.2. The van der Waals surface area contributed by atoms with Gasteiger partial charge in [0.1, 0.15) is 5.75 Å². The van der Waals surface area contributed by atoms with Gasteiger partial charge in [0, 0.05) is 12.2 Å². The molecule has 0 heterocycles. The summed E-state index contributed by atoms with van der Waals surface area (Å²) in [6, 6.07) is 9.34. The van der Waals surface area contributed by atoms with Crippen LogP contribution in [-0.2, 0) is 4.43 Å². The Morgan fingerprint density at radius 1 is 0.815 bits per heavy atom. The van der Waals surface area contributed by atoms with Crippen molar-refractivity contribution >= 4 is 14.3 Å². The highest BCUT2D eigenvalue weighted by atomic mass is 28.4. The van der Waals surface area contributed by atoms with Crippen LogP contribution in [0.15, 0.2) is 24.3 Å². The van der Waals surface area contributed by atoms with Gasteiger partial charge in [0.25, 0.3) is 0 Å². The van der Waals surface area contributed by atoms with Crippen LogP contribution in [0.2, 0.25) is 12.1 Å². The van der Waals surface area contributed by atoms with Crippen molar-refractivity contribution in [1.29, 1.82) is 0 Å². The molecule has 0 radical (unpaired) electrons. The van der Waals surface area contributed by atoms with Gasteiger partial charge in [0.2, 0.25) is 0 Å². The molecular weight excluding hydrogens is 352 g/mol. The summed E-state index contributed by atoms with van der Waals surface area (Å²) in [5.41, 5.74) is 0.721. The van der Waals surface area contributed by atoms with Crippen LogP contribution < -0.4 is 4.43 Å². The Balaban J connectivity index is 2.32. The summed E-state index contributed by atoms with van der Waals surface area (Å²) >= 11 is 0. The van der Waals surface area contributed by atoms with E-state index in [1.807, 2.05) is 24.3 Å². The maximum absolute atomic E-state index is 11.4. The highest BCUT2D eigenvalue weighted by Crippen LogP contribution is 2.24. The van der Waals surface area contributed by atoms with Crippen molar-refractivity contribution in [2.24, 2.45) is 0 Å². The van der Waals surface area contributed by atoms with Crippen LogP contribution in [0.4, 0.5) is 0 Å². The molecular formula is C23H40O3Si. The van der Waals surface area contributed by atoms with Crippen molar-refractivity contribution in [3.8, 4) is 5.75 Å². The van der Waals surface area contributed by atoms with Gasteiger partial charge in [-0.05, 0) is 49.7 Å². The van der Waals surface area contributed by atoms with Crippen LogP contribution in [-0.4, -0.2) is 21.0 Å². The van der Waals surface area contributed by atoms with Crippen LogP contribution in [0, 0.1) is 0 Å². The van der Waals surface area contributed by atoms with Crippen LogP contribution >= 0.6 is 0 Å². The highest BCUT2D eigenvalue weighted by Gasteiger charge is 2.35. The van der Waals surface area contributed by atoms with Crippen LogP contribution in [0.3, 0.4) is 0 Å². The Kier molecular flexibility index (Phi) is 12.4. The molecule has 3 nitrogen and oxygen atoms in total. The quantitative estimate of drug-likeness (QED) is 0.168. The van der Waals surface area contributed by atoms with E-state index in [2.05, 4.69) is 20.8 Å². The summed E-state index contributed by atoms with van der Waals surface area (Å²) in [5, 5.41) is 0. The molecule has 1 rings (SSSR count). The predicted molar refractivity (Wildman–Crippen MR) is 117 cm³/mol. The molecule has 0 saturated heterocycles. The molecule has 1 aromatic carbocycles. The summed E-state index contributed by atoms with van der Waals surface area (Å²) in [7, 11) is -2.20.